The number of aryl methyl sites for hydroxylation is 3. The number of rotatable bonds is 3. The van der Waals surface area contributed by atoms with Crippen molar-refractivity contribution in [2.75, 3.05) is 4.72 Å². The first-order valence-electron chi connectivity index (χ1n) is 6.90. The monoisotopic (exact) mass is 303 g/mol. The third-order valence-electron chi connectivity index (χ3n) is 3.87. The van der Waals surface area contributed by atoms with Gasteiger partial charge in [-0.15, -0.1) is 0 Å². The van der Waals surface area contributed by atoms with Crippen molar-refractivity contribution in [3.63, 3.8) is 0 Å². The van der Waals surface area contributed by atoms with Crippen LogP contribution in [-0.2, 0) is 22.9 Å². The lowest BCUT2D eigenvalue weighted by Gasteiger charge is -2.13. The topological polar surface area (TPSA) is 66.4 Å². The summed E-state index contributed by atoms with van der Waals surface area (Å²) < 4.78 is 27.5. The summed E-state index contributed by atoms with van der Waals surface area (Å²) in [5.41, 5.74) is 3.25. The number of fused-ring (bicyclic) bond motifs is 1. The molecule has 0 bridgehead atoms. The van der Waals surface area contributed by atoms with Crippen LogP contribution in [-0.4, -0.2) is 13.5 Å². The Bertz CT molecular complexity index is 777. The molecule has 2 N–H and O–H groups in total. The molecule has 0 atom stereocenters. The molecular weight excluding hydrogens is 286 g/mol. The smallest absolute Gasteiger partial charge is 0.262 e. The molecule has 0 radical (unpaired) electrons. The van der Waals surface area contributed by atoms with E-state index in [0.717, 1.165) is 24.8 Å². The lowest BCUT2D eigenvalue weighted by atomic mass is 10.1. The number of anilines is 1. The van der Waals surface area contributed by atoms with Gasteiger partial charge in [0, 0.05) is 0 Å². The van der Waals surface area contributed by atoms with Gasteiger partial charge < -0.3 is 5.11 Å². The van der Waals surface area contributed by atoms with Gasteiger partial charge in [0.15, 0.2) is 0 Å². The molecule has 110 valence electrons. The molecule has 1 aliphatic carbocycles. The average molecular weight is 303 g/mol. The third kappa shape index (κ3) is 2.61. The van der Waals surface area contributed by atoms with Gasteiger partial charge in [-0.3, -0.25) is 4.72 Å². The number of phenolic OH excluding ortho intramolecular Hbond substituents is 1. The van der Waals surface area contributed by atoms with E-state index in [1.165, 1.54) is 11.6 Å². The van der Waals surface area contributed by atoms with Crippen molar-refractivity contribution in [2.45, 2.75) is 31.1 Å². The lowest BCUT2D eigenvalue weighted by Crippen LogP contribution is -2.14. The molecule has 1 aliphatic rings. The minimum absolute atomic E-state index is 0.0697. The molecule has 5 heteroatoms. The van der Waals surface area contributed by atoms with Gasteiger partial charge in [0.25, 0.3) is 10.0 Å². The van der Waals surface area contributed by atoms with Gasteiger partial charge in [-0.1, -0.05) is 18.2 Å². The molecule has 0 unspecified atom stereocenters. The molecule has 2 aromatic carbocycles. The molecule has 0 aliphatic heterocycles. The Labute approximate surface area is 124 Å². The van der Waals surface area contributed by atoms with Crippen LogP contribution in [0.5, 0.6) is 5.75 Å². The van der Waals surface area contributed by atoms with E-state index in [0.29, 0.717) is 5.56 Å². The van der Waals surface area contributed by atoms with Gasteiger partial charge in [-0.05, 0) is 61.1 Å². The van der Waals surface area contributed by atoms with Crippen LogP contribution >= 0.6 is 0 Å². The number of phenols is 1. The van der Waals surface area contributed by atoms with Crippen molar-refractivity contribution in [3.8, 4) is 5.75 Å². The van der Waals surface area contributed by atoms with Crippen LogP contribution in [0.2, 0.25) is 0 Å². The van der Waals surface area contributed by atoms with Crippen LogP contribution in [0.1, 0.15) is 23.1 Å². The Hall–Kier alpha value is -2.01. The summed E-state index contributed by atoms with van der Waals surface area (Å²) in [7, 11) is -3.69. The SMILES string of the molecule is Cc1cccc(O)c1NS(=O)(=O)c1ccc2c(c1)CCC2. The molecule has 0 spiro atoms. The molecule has 21 heavy (non-hydrogen) atoms. The number of para-hydroxylation sites is 1. The Morgan fingerprint density at radius 3 is 2.62 bits per heavy atom. The summed E-state index contributed by atoms with van der Waals surface area (Å²) in [6.45, 7) is 1.75. The fourth-order valence-electron chi connectivity index (χ4n) is 2.69. The Morgan fingerprint density at radius 2 is 1.86 bits per heavy atom. The fraction of sp³-hybridized carbons (Fsp3) is 0.250. The van der Waals surface area contributed by atoms with Crippen LogP contribution in [0.3, 0.4) is 0 Å². The Kier molecular flexibility index (Phi) is 3.37. The van der Waals surface area contributed by atoms with E-state index in [4.69, 9.17) is 0 Å². The summed E-state index contributed by atoms with van der Waals surface area (Å²) in [6, 6.07) is 10.1. The van der Waals surface area contributed by atoms with E-state index < -0.39 is 10.0 Å². The Balaban J connectivity index is 1.98. The molecule has 0 amide bonds. The van der Waals surface area contributed by atoms with Gasteiger partial charge in [0.05, 0.1) is 10.6 Å². The molecule has 3 rings (SSSR count). The van der Waals surface area contributed by atoms with Crippen LogP contribution in [0.25, 0.3) is 0 Å². The predicted molar refractivity (Wildman–Crippen MR) is 82.1 cm³/mol. The first-order valence-corrected chi connectivity index (χ1v) is 8.39. The first-order chi connectivity index (χ1) is 9.97. The van der Waals surface area contributed by atoms with E-state index in [-0.39, 0.29) is 16.3 Å². The summed E-state index contributed by atoms with van der Waals surface area (Å²) in [6.07, 6.45) is 3.01. The third-order valence-corrected chi connectivity index (χ3v) is 5.21. The van der Waals surface area contributed by atoms with Crippen LogP contribution in [0, 0.1) is 6.92 Å². The zero-order valence-corrected chi connectivity index (χ0v) is 12.6. The normalized spacial score (nSPS) is 14.0. The lowest BCUT2D eigenvalue weighted by molar-refractivity contribution is 0.477. The summed E-state index contributed by atoms with van der Waals surface area (Å²) in [5.74, 6) is -0.0697. The van der Waals surface area contributed by atoms with Gasteiger partial charge in [-0.2, -0.15) is 0 Å². The number of hydrogen-bond donors (Lipinski definition) is 2. The molecular formula is C16H17NO3S. The highest BCUT2D eigenvalue weighted by Crippen LogP contribution is 2.30. The standard InChI is InChI=1S/C16H17NO3S/c1-11-4-2-7-15(18)16(11)17-21(19,20)14-9-8-12-5-3-6-13(12)10-14/h2,4,7-10,17-18H,3,5-6H2,1H3. The summed E-state index contributed by atoms with van der Waals surface area (Å²) in [5, 5.41) is 9.83. The van der Waals surface area contributed by atoms with Gasteiger partial charge in [0.1, 0.15) is 5.75 Å². The van der Waals surface area contributed by atoms with E-state index >= 15 is 0 Å². The minimum atomic E-state index is -3.69. The number of nitrogens with one attached hydrogen (secondary N) is 1. The number of benzene rings is 2. The van der Waals surface area contributed by atoms with Gasteiger partial charge in [-0.25, -0.2) is 8.42 Å². The van der Waals surface area contributed by atoms with Crippen molar-refractivity contribution in [2.24, 2.45) is 0 Å². The van der Waals surface area contributed by atoms with Crippen molar-refractivity contribution in [1.29, 1.82) is 0 Å². The number of aromatic hydroxyl groups is 1. The quantitative estimate of drug-likeness (QED) is 0.857. The molecule has 0 aromatic heterocycles. The largest absolute Gasteiger partial charge is 0.506 e. The average Bonchev–Trinajstić information content (AvgIpc) is 2.90. The highest BCUT2D eigenvalue weighted by Gasteiger charge is 2.20. The maximum absolute atomic E-state index is 12.5. The van der Waals surface area contributed by atoms with Gasteiger partial charge in [0.2, 0.25) is 0 Å². The fourth-order valence-corrected chi connectivity index (χ4v) is 3.89. The molecule has 0 fully saturated rings. The second kappa shape index (κ2) is 5.07. The summed E-state index contributed by atoms with van der Waals surface area (Å²) >= 11 is 0. The Morgan fingerprint density at radius 1 is 1.10 bits per heavy atom. The molecule has 2 aromatic rings. The highest BCUT2D eigenvalue weighted by molar-refractivity contribution is 7.92. The van der Waals surface area contributed by atoms with Crippen LogP contribution in [0.4, 0.5) is 5.69 Å². The predicted octanol–water partition coefficient (Wildman–Crippen LogP) is 2.99. The van der Waals surface area contributed by atoms with Crippen molar-refractivity contribution >= 4 is 15.7 Å². The minimum Gasteiger partial charge on any atom is -0.506 e. The number of hydrogen-bond acceptors (Lipinski definition) is 3. The maximum Gasteiger partial charge on any atom is 0.262 e. The van der Waals surface area contributed by atoms with Crippen molar-refractivity contribution in [3.05, 3.63) is 53.1 Å². The van der Waals surface area contributed by atoms with E-state index in [2.05, 4.69) is 4.72 Å². The first kappa shape index (κ1) is 13.9. The second-order valence-corrected chi connectivity index (χ2v) is 7.04. The van der Waals surface area contributed by atoms with Crippen molar-refractivity contribution < 1.29 is 13.5 Å². The zero-order valence-electron chi connectivity index (χ0n) is 11.8. The van der Waals surface area contributed by atoms with Crippen molar-refractivity contribution in [1.82, 2.24) is 0 Å². The number of sulfonamides is 1. The highest BCUT2D eigenvalue weighted by atomic mass is 32.2. The van der Waals surface area contributed by atoms with E-state index in [1.807, 2.05) is 6.07 Å². The molecule has 0 saturated carbocycles. The summed E-state index contributed by atoms with van der Waals surface area (Å²) in [4.78, 5) is 0.241. The van der Waals surface area contributed by atoms with Crippen LogP contribution in [0.15, 0.2) is 41.3 Å². The zero-order chi connectivity index (χ0) is 15.0. The molecule has 0 heterocycles. The van der Waals surface area contributed by atoms with E-state index in [1.54, 1.807) is 31.2 Å². The second-order valence-electron chi connectivity index (χ2n) is 5.36. The van der Waals surface area contributed by atoms with E-state index in [9.17, 15) is 13.5 Å². The maximum atomic E-state index is 12.5. The molecule has 0 saturated heterocycles. The van der Waals surface area contributed by atoms with Gasteiger partial charge >= 0.3 is 0 Å². The molecule has 4 nitrogen and oxygen atoms in total. The van der Waals surface area contributed by atoms with Crippen LogP contribution < -0.4 is 4.72 Å².